The molecule has 0 spiro atoms. The van der Waals surface area contributed by atoms with Crippen molar-refractivity contribution in [2.45, 2.75) is 13.0 Å². The lowest BCUT2D eigenvalue weighted by molar-refractivity contribution is -0.116. The van der Waals surface area contributed by atoms with Crippen LogP contribution in [0.3, 0.4) is 0 Å². The summed E-state index contributed by atoms with van der Waals surface area (Å²) in [6.45, 7) is 0.518. The molecule has 0 aliphatic carbocycles. The van der Waals surface area contributed by atoms with E-state index in [0.717, 1.165) is 0 Å². The number of aromatic amines is 1. The minimum absolute atomic E-state index is 0.0769. The van der Waals surface area contributed by atoms with Crippen LogP contribution in [-0.2, 0) is 11.3 Å². The van der Waals surface area contributed by atoms with E-state index in [4.69, 9.17) is 0 Å². The van der Waals surface area contributed by atoms with Gasteiger partial charge in [0.15, 0.2) is 0 Å². The standard InChI is InChI=1S/C8H10N6O/c15-8(12-7-5-10-11-6-7)1-3-14-4-2-9-13-14/h2,4-6H,1,3H2,(H,10,11)(H,12,15). The van der Waals surface area contributed by atoms with Gasteiger partial charge < -0.3 is 5.32 Å². The summed E-state index contributed by atoms with van der Waals surface area (Å²) in [4.78, 5) is 11.4. The Labute approximate surface area is 85.5 Å². The summed E-state index contributed by atoms with van der Waals surface area (Å²) < 4.78 is 1.61. The predicted octanol–water partition coefficient (Wildman–Crippen LogP) is 0.0300. The summed E-state index contributed by atoms with van der Waals surface area (Å²) in [5, 5.41) is 16.4. The highest BCUT2D eigenvalue weighted by Crippen LogP contribution is 2.01. The van der Waals surface area contributed by atoms with Crippen molar-refractivity contribution < 1.29 is 4.79 Å². The zero-order chi connectivity index (χ0) is 10.5. The van der Waals surface area contributed by atoms with Gasteiger partial charge in [0.1, 0.15) is 0 Å². The van der Waals surface area contributed by atoms with Crippen molar-refractivity contribution in [2.24, 2.45) is 0 Å². The number of nitrogens with zero attached hydrogens (tertiary/aromatic N) is 4. The molecule has 0 aromatic carbocycles. The van der Waals surface area contributed by atoms with Crippen LogP contribution in [0, 0.1) is 0 Å². The molecule has 0 aliphatic heterocycles. The molecule has 2 N–H and O–H groups in total. The van der Waals surface area contributed by atoms with Gasteiger partial charge in [0.25, 0.3) is 0 Å². The van der Waals surface area contributed by atoms with Crippen molar-refractivity contribution in [1.82, 2.24) is 25.2 Å². The van der Waals surface area contributed by atoms with E-state index in [1.807, 2.05) is 0 Å². The SMILES string of the molecule is O=C(CCn1ccnn1)Nc1cn[nH]c1. The lowest BCUT2D eigenvalue weighted by Gasteiger charge is -2.01. The number of hydrogen-bond acceptors (Lipinski definition) is 4. The van der Waals surface area contributed by atoms with E-state index in [1.54, 1.807) is 29.5 Å². The smallest absolute Gasteiger partial charge is 0.226 e. The maximum atomic E-state index is 11.4. The quantitative estimate of drug-likeness (QED) is 0.738. The number of carbonyl (C=O) groups excluding carboxylic acids is 1. The average Bonchev–Trinajstić information content (AvgIpc) is 2.86. The number of H-pyrrole nitrogens is 1. The summed E-state index contributed by atoms with van der Waals surface area (Å²) in [6.07, 6.45) is 6.81. The van der Waals surface area contributed by atoms with Crippen molar-refractivity contribution >= 4 is 11.6 Å². The monoisotopic (exact) mass is 206 g/mol. The number of amides is 1. The normalized spacial score (nSPS) is 10.1. The number of nitrogens with one attached hydrogen (secondary N) is 2. The third-order valence-corrected chi connectivity index (χ3v) is 1.82. The molecule has 15 heavy (non-hydrogen) atoms. The topological polar surface area (TPSA) is 88.5 Å². The second-order valence-electron chi connectivity index (χ2n) is 2.95. The Morgan fingerprint density at radius 2 is 2.53 bits per heavy atom. The van der Waals surface area contributed by atoms with Gasteiger partial charge in [0.2, 0.25) is 5.91 Å². The van der Waals surface area contributed by atoms with Gasteiger partial charge in [-0.1, -0.05) is 5.21 Å². The Hall–Kier alpha value is -2.18. The fraction of sp³-hybridized carbons (Fsp3) is 0.250. The molecule has 0 fully saturated rings. The molecule has 0 saturated heterocycles. The van der Waals surface area contributed by atoms with Gasteiger partial charge in [-0.25, -0.2) is 0 Å². The molecule has 0 bridgehead atoms. The fourth-order valence-corrected chi connectivity index (χ4v) is 1.11. The average molecular weight is 206 g/mol. The number of hydrogen-bond donors (Lipinski definition) is 2. The Bertz CT molecular complexity index is 406. The second kappa shape index (κ2) is 4.36. The van der Waals surface area contributed by atoms with Crippen molar-refractivity contribution in [2.75, 3.05) is 5.32 Å². The first-order valence-corrected chi connectivity index (χ1v) is 4.47. The highest BCUT2D eigenvalue weighted by molar-refractivity contribution is 5.90. The van der Waals surface area contributed by atoms with Crippen molar-refractivity contribution in [3.05, 3.63) is 24.8 Å². The largest absolute Gasteiger partial charge is 0.323 e. The molecular formula is C8H10N6O. The zero-order valence-electron chi connectivity index (χ0n) is 7.92. The highest BCUT2D eigenvalue weighted by atomic mass is 16.1. The maximum Gasteiger partial charge on any atom is 0.226 e. The van der Waals surface area contributed by atoms with Crippen LogP contribution in [0.4, 0.5) is 5.69 Å². The maximum absolute atomic E-state index is 11.4. The van der Waals surface area contributed by atoms with Gasteiger partial charge in [-0.05, 0) is 0 Å². The number of aromatic nitrogens is 5. The van der Waals surface area contributed by atoms with Crippen LogP contribution in [-0.4, -0.2) is 31.1 Å². The minimum atomic E-state index is -0.0769. The minimum Gasteiger partial charge on any atom is -0.323 e. The first-order chi connectivity index (χ1) is 7.34. The van der Waals surface area contributed by atoms with Gasteiger partial charge in [0.05, 0.1) is 24.6 Å². The molecule has 0 saturated carbocycles. The molecule has 2 heterocycles. The van der Waals surface area contributed by atoms with Crippen molar-refractivity contribution in [3.8, 4) is 0 Å². The Morgan fingerprint density at radius 3 is 3.20 bits per heavy atom. The summed E-state index contributed by atoms with van der Waals surface area (Å²) in [6, 6.07) is 0. The summed E-state index contributed by atoms with van der Waals surface area (Å²) >= 11 is 0. The van der Waals surface area contributed by atoms with Crippen LogP contribution in [0.15, 0.2) is 24.8 Å². The van der Waals surface area contributed by atoms with Crippen LogP contribution in [0.25, 0.3) is 0 Å². The lowest BCUT2D eigenvalue weighted by atomic mass is 10.4. The molecule has 0 radical (unpaired) electrons. The molecule has 2 aromatic heterocycles. The Kier molecular flexibility index (Phi) is 2.72. The molecule has 1 amide bonds. The number of aryl methyl sites for hydroxylation is 1. The predicted molar refractivity (Wildman–Crippen MR) is 51.9 cm³/mol. The molecule has 0 atom stereocenters. The van der Waals surface area contributed by atoms with Gasteiger partial charge in [-0.2, -0.15) is 5.10 Å². The van der Waals surface area contributed by atoms with Crippen LogP contribution in [0.1, 0.15) is 6.42 Å². The van der Waals surface area contributed by atoms with E-state index < -0.39 is 0 Å². The van der Waals surface area contributed by atoms with E-state index in [2.05, 4.69) is 25.8 Å². The third kappa shape index (κ3) is 2.63. The Balaban J connectivity index is 1.78. The molecule has 0 aliphatic rings. The fourth-order valence-electron chi connectivity index (χ4n) is 1.11. The first kappa shape index (κ1) is 9.38. The molecular weight excluding hydrogens is 196 g/mol. The van der Waals surface area contributed by atoms with Crippen molar-refractivity contribution in [1.29, 1.82) is 0 Å². The molecule has 7 heteroatoms. The van der Waals surface area contributed by atoms with Crippen LogP contribution in [0.5, 0.6) is 0 Å². The molecule has 2 rings (SSSR count). The van der Waals surface area contributed by atoms with E-state index in [9.17, 15) is 4.79 Å². The number of carbonyl (C=O) groups is 1. The van der Waals surface area contributed by atoms with Crippen LogP contribution >= 0.6 is 0 Å². The number of rotatable bonds is 4. The zero-order valence-corrected chi connectivity index (χ0v) is 7.92. The summed E-state index contributed by atoms with van der Waals surface area (Å²) in [5.41, 5.74) is 0.665. The second-order valence-corrected chi connectivity index (χ2v) is 2.95. The first-order valence-electron chi connectivity index (χ1n) is 4.47. The molecule has 2 aromatic rings. The van der Waals surface area contributed by atoms with Gasteiger partial charge in [0, 0.05) is 18.8 Å². The van der Waals surface area contributed by atoms with E-state index in [1.165, 1.54) is 0 Å². The molecule has 78 valence electrons. The molecule has 7 nitrogen and oxygen atoms in total. The summed E-state index contributed by atoms with van der Waals surface area (Å²) in [7, 11) is 0. The number of anilines is 1. The Morgan fingerprint density at radius 1 is 1.60 bits per heavy atom. The van der Waals surface area contributed by atoms with Gasteiger partial charge >= 0.3 is 0 Å². The molecule has 0 unspecified atom stereocenters. The van der Waals surface area contributed by atoms with Crippen LogP contribution in [0.2, 0.25) is 0 Å². The highest BCUT2D eigenvalue weighted by Gasteiger charge is 2.03. The van der Waals surface area contributed by atoms with Crippen LogP contribution < -0.4 is 5.32 Å². The van der Waals surface area contributed by atoms with Gasteiger partial charge in [-0.3, -0.25) is 14.6 Å². The van der Waals surface area contributed by atoms with E-state index >= 15 is 0 Å². The van der Waals surface area contributed by atoms with Gasteiger partial charge in [-0.15, -0.1) is 5.10 Å². The van der Waals surface area contributed by atoms with E-state index in [0.29, 0.717) is 18.7 Å². The summed E-state index contributed by atoms with van der Waals surface area (Å²) in [5.74, 6) is -0.0769. The van der Waals surface area contributed by atoms with E-state index in [-0.39, 0.29) is 5.91 Å². The third-order valence-electron chi connectivity index (χ3n) is 1.82. The lowest BCUT2D eigenvalue weighted by Crippen LogP contribution is -2.14. The van der Waals surface area contributed by atoms with Crippen molar-refractivity contribution in [3.63, 3.8) is 0 Å².